The van der Waals surface area contributed by atoms with Crippen LogP contribution < -0.4 is 5.43 Å². The van der Waals surface area contributed by atoms with Crippen molar-refractivity contribution in [2.75, 3.05) is 0 Å². The molecule has 19 heavy (non-hydrogen) atoms. The minimum absolute atomic E-state index is 0.00254. The minimum atomic E-state index is -0.661. The number of hydrogen-bond acceptors (Lipinski definition) is 5. The third-order valence-electron chi connectivity index (χ3n) is 1.87. The molecule has 0 bridgehead atoms. The van der Waals surface area contributed by atoms with Crippen molar-refractivity contribution in [2.24, 2.45) is 5.10 Å². The molecule has 0 radical (unpaired) electrons. The first-order valence-electron chi connectivity index (χ1n) is 5.54. The summed E-state index contributed by atoms with van der Waals surface area (Å²) in [7, 11) is 0. The SMILES string of the molecule is CC(C)(C)OC(=O)N/N=C/c1ccc([N+](=O)[O-])cc1. The van der Waals surface area contributed by atoms with E-state index in [-0.39, 0.29) is 5.69 Å². The van der Waals surface area contributed by atoms with Gasteiger partial charge in [-0.3, -0.25) is 10.1 Å². The number of non-ortho nitro benzene ring substituents is 1. The summed E-state index contributed by atoms with van der Waals surface area (Å²) in [5, 5.41) is 14.1. The summed E-state index contributed by atoms with van der Waals surface area (Å²) in [6, 6.07) is 5.76. The van der Waals surface area contributed by atoms with Crippen LogP contribution in [0.25, 0.3) is 0 Å². The molecule has 1 aromatic carbocycles. The second-order valence-corrected chi connectivity index (χ2v) is 4.72. The maximum absolute atomic E-state index is 11.3. The maximum Gasteiger partial charge on any atom is 0.428 e. The molecule has 1 rings (SSSR count). The first kappa shape index (κ1) is 14.6. The second kappa shape index (κ2) is 5.94. The molecule has 0 fully saturated rings. The summed E-state index contributed by atoms with van der Waals surface area (Å²) < 4.78 is 4.97. The number of rotatable bonds is 3. The summed E-state index contributed by atoms with van der Waals surface area (Å²) in [5.41, 5.74) is 2.23. The van der Waals surface area contributed by atoms with Crippen LogP contribution in [-0.2, 0) is 4.74 Å². The van der Waals surface area contributed by atoms with E-state index < -0.39 is 16.6 Å². The molecule has 0 heterocycles. The summed E-state index contributed by atoms with van der Waals surface area (Å²) in [6.07, 6.45) is 0.707. The van der Waals surface area contributed by atoms with Crippen molar-refractivity contribution >= 4 is 18.0 Å². The highest BCUT2D eigenvalue weighted by atomic mass is 16.6. The molecule has 0 unspecified atom stereocenters. The summed E-state index contributed by atoms with van der Waals surface area (Å²) in [6.45, 7) is 5.23. The smallest absolute Gasteiger partial charge is 0.428 e. The number of amides is 1. The van der Waals surface area contributed by atoms with E-state index in [9.17, 15) is 14.9 Å². The fourth-order valence-corrected chi connectivity index (χ4v) is 1.14. The van der Waals surface area contributed by atoms with Crippen LogP contribution in [0.1, 0.15) is 26.3 Å². The lowest BCUT2D eigenvalue weighted by Crippen LogP contribution is -2.29. The number of benzene rings is 1. The Hall–Kier alpha value is -2.44. The molecule has 0 saturated heterocycles. The zero-order valence-corrected chi connectivity index (χ0v) is 10.9. The van der Waals surface area contributed by atoms with E-state index in [2.05, 4.69) is 10.5 Å². The molecule has 7 nitrogen and oxygen atoms in total. The van der Waals surface area contributed by atoms with Crippen molar-refractivity contribution < 1.29 is 14.5 Å². The number of hydrogen-bond donors (Lipinski definition) is 1. The molecule has 0 aliphatic rings. The van der Waals surface area contributed by atoms with Gasteiger partial charge in [0, 0.05) is 12.1 Å². The van der Waals surface area contributed by atoms with Crippen LogP contribution in [-0.4, -0.2) is 22.8 Å². The van der Waals surface area contributed by atoms with Crippen LogP contribution >= 0.6 is 0 Å². The Morgan fingerprint density at radius 2 is 1.95 bits per heavy atom. The quantitative estimate of drug-likeness (QED) is 0.516. The Kier molecular flexibility index (Phi) is 4.57. The first-order valence-corrected chi connectivity index (χ1v) is 5.54. The van der Waals surface area contributed by atoms with Crippen molar-refractivity contribution in [1.29, 1.82) is 0 Å². The molecule has 0 atom stereocenters. The highest BCUT2D eigenvalue weighted by molar-refractivity contribution is 5.81. The van der Waals surface area contributed by atoms with Gasteiger partial charge in [-0.1, -0.05) is 0 Å². The maximum atomic E-state index is 11.3. The minimum Gasteiger partial charge on any atom is -0.443 e. The van der Waals surface area contributed by atoms with Gasteiger partial charge in [0.15, 0.2) is 0 Å². The predicted molar refractivity (Wildman–Crippen MR) is 70.1 cm³/mol. The van der Waals surface area contributed by atoms with Crippen molar-refractivity contribution in [3.05, 3.63) is 39.9 Å². The van der Waals surface area contributed by atoms with E-state index in [1.54, 1.807) is 20.8 Å². The lowest BCUT2D eigenvalue weighted by atomic mass is 10.2. The molecule has 0 aliphatic carbocycles. The molecule has 102 valence electrons. The molecule has 0 aromatic heterocycles. The van der Waals surface area contributed by atoms with E-state index in [1.807, 2.05) is 0 Å². The van der Waals surface area contributed by atoms with E-state index in [0.29, 0.717) is 5.56 Å². The van der Waals surface area contributed by atoms with Gasteiger partial charge in [-0.05, 0) is 38.5 Å². The van der Waals surface area contributed by atoms with Crippen LogP contribution in [0.4, 0.5) is 10.5 Å². The van der Waals surface area contributed by atoms with E-state index in [4.69, 9.17) is 4.74 Å². The lowest BCUT2D eigenvalue weighted by Gasteiger charge is -2.18. The third-order valence-corrected chi connectivity index (χ3v) is 1.87. The van der Waals surface area contributed by atoms with Crippen LogP contribution in [0.5, 0.6) is 0 Å². The Balaban J connectivity index is 2.53. The van der Waals surface area contributed by atoms with Gasteiger partial charge in [0.05, 0.1) is 11.1 Å². The highest BCUT2D eigenvalue weighted by Gasteiger charge is 2.15. The Bertz CT molecular complexity index is 489. The molecular weight excluding hydrogens is 250 g/mol. The monoisotopic (exact) mass is 265 g/mol. The van der Waals surface area contributed by atoms with E-state index in [0.717, 1.165) is 0 Å². The molecule has 0 aliphatic heterocycles. The number of ether oxygens (including phenoxy) is 1. The zero-order valence-electron chi connectivity index (χ0n) is 10.9. The first-order chi connectivity index (χ1) is 8.78. The van der Waals surface area contributed by atoms with Gasteiger partial charge in [-0.2, -0.15) is 5.10 Å². The molecule has 1 N–H and O–H groups in total. The topological polar surface area (TPSA) is 93.8 Å². The normalized spacial score (nSPS) is 11.3. The number of nitrogens with zero attached hydrogens (tertiary/aromatic N) is 2. The van der Waals surface area contributed by atoms with Gasteiger partial charge in [0.2, 0.25) is 0 Å². The lowest BCUT2D eigenvalue weighted by molar-refractivity contribution is -0.384. The number of hydrazone groups is 1. The fraction of sp³-hybridized carbons (Fsp3) is 0.333. The van der Waals surface area contributed by atoms with Gasteiger partial charge in [-0.25, -0.2) is 10.2 Å². The Labute approximate surface area is 110 Å². The summed E-state index contributed by atoms with van der Waals surface area (Å²) in [4.78, 5) is 21.2. The van der Waals surface area contributed by atoms with Crippen LogP contribution in [0.2, 0.25) is 0 Å². The average Bonchev–Trinajstić information content (AvgIpc) is 2.27. The van der Waals surface area contributed by atoms with Crippen molar-refractivity contribution in [1.82, 2.24) is 5.43 Å². The number of carbonyl (C=O) groups excluding carboxylic acids is 1. The van der Waals surface area contributed by atoms with Gasteiger partial charge >= 0.3 is 6.09 Å². The molecule has 1 amide bonds. The zero-order chi connectivity index (χ0) is 14.5. The number of nitro groups is 1. The van der Waals surface area contributed by atoms with Crippen molar-refractivity contribution in [2.45, 2.75) is 26.4 Å². The molecule has 0 saturated carbocycles. The van der Waals surface area contributed by atoms with Gasteiger partial charge in [0.1, 0.15) is 5.60 Å². The van der Waals surface area contributed by atoms with Gasteiger partial charge < -0.3 is 4.74 Å². The number of carbonyl (C=O) groups is 1. The third kappa shape index (κ3) is 5.62. The van der Waals surface area contributed by atoms with Crippen molar-refractivity contribution in [3.8, 4) is 0 Å². The summed E-state index contributed by atoms with van der Waals surface area (Å²) in [5.74, 6) is 0. The molecule has 0 spiro atoms. The van der Waals surface area contributed by atoms with Gasteiger partial charge in [0.25, 0.3) is 5.69 Å². The van der Waals surface area contributed by atoms with Crippen LogP contribution in [0, 0.1) is 10.1 Å². The average molecular weight is 265 g/mol. The van der Waals surface area contributed by atoms with E-state index in [1.165, 1.54) is 30.5 Å². The fourth-order valence-electron chi connectivity index (χ4n) is 1.14. The van der Waals surface area contributed by atoms with Crippen LogP contribution in [0.15, 0.2) is 29.4 Å². The standard InChI is InChI=1S/C12H15N3O4/c1-12(2,3)19-11(16)14-13-8-9-4-6-10(7-5-9)15(17)18/h4-8H,1-3H3,(H,14,16)/b13-8+. The van der Waals surface area contributed by atoms with Crippen LogP contribution in [0.3, 0.4) is 0 Å². The number of nitro benzene ring substituents is 1. The second-order valence-electron chi connectivity index (χ2n) is 4.72. The largest absolute Gasteiger partial charge is 0.443 e. The molecular formula is C12H15N3O4. The summed E-state index contributed by atoms with van der Waals surface area (Å²) >= 11 is 0. The molecule has 1 aromatic rings. The Morgan fingerprint density at radius 3 is 2.42 bits per heavy atom. The highest BCUT2D eigenvalue weighted by Crippen LogP contribution is 2.10. The van der Waals surface area contributed by atoms with Crippen molar-refractivity contribution in [3.63, 3.8) is 0 Å². The Morgan fingerprint density at radius 1 is 1.37 bits per heavy atom. The molecule has 7 heteroatoms. The van der Waals surface area contributed by atoms with Gasteiger partial charge in [-0.15, -0.1) is 0 Å². The predicted octanol–water partition coefficient (Wildman–Crippen LogP) is 2.45. The number of nitrogens with one attached hydrogen (secondary N) is 1. The van der Waals surface area contributed by atoms with E-state index >= 15 is 0 Å².